The molecule has 3 aromatic rings. The molecule has 0 aliphatic carbocycles. The molecule has 1 N–H and O–H groups in total. The second-order valence-corrected chi connectivity index (χ2v) is 10.9. The van der Waals surface area contributed by atoms with Crippen molar-refractivity contribution in [3.63, 3.8) is 0 Å². The van der Waals surface area contributed by atoms with Gasteiger partial charge in [0.2, 0.25) is 0 Å². The standard InChI is InChI=1S/C21H23BrClN3O2S/c1-25-8-10-26(11-9-25)13-19-18-12-16(23)4-7-20(18)24-21(19)14-29(27,28)17-5-2-15(22)3-6-17/h2-7,12,24H,8-11,13-14H2,1H3. The highest BCUT2D eigenvalue weighted by Gasteiger charge is 2.23. The maximum Gasteiger partial charge on any atom is 0.183 e. The molecule has 1 aliphatic heterocycles. The van der Waals surface area contributed by atoms with Crippen LogP contribution in [0.5, 0.6) is 0 Å². The van der Waals surface area contributed by atoms with Crippen molar-refractivity contribution in [3.8, 4) is 0 Å². The predicted molar refractivity (Wildman–Crippen MR) is 121 cm³/mol. The van der Waals surface area contributed by atoms with Crippen LogP contribution >= 0.6 is 27.5 Å². The number of halogens is 2. The van der Waals surface area contributed by atoms with Crippen LogP contribution in [0, 0.1) is 0 Å². The number of aromatic nitrogens is 1. The molecule has 1 aromatic heterocycles. The van der Waals surface area contributed by atoms with Crippen molar-refractivity contribution in [3.05, 3.63) is 63.2 Å². The van der Waals surface area contributed by atoms with Gasteiger partial charge < -0.3 is 9.88 Å². The van der Waals surface area contributed by atoms with E-state index in [0.29, 0.717) is 16.5 Å². The second-order valence-electron chi connectivity index (χ2n) is 7.56. The van der Waals surface area contributed by atoms with Crippen LogP contribution in [0.4, 0.5) is 0 Å². The lowest BCUT2D eigenvalue weighted by Gasteiger charge is -2.32. The lowest BCUT2D eigenvalue weighted by atomic mass is 10.1. The Morgan fingerprint density at radius 3 is 2.45 bits per heavy atom. The number of fused-ring (bicyclic) bond motifs is 1. The summed E-state index contributed by atoms with van der Waals surface area (Å²) >= 11 is 9.61. The first kappa shape index (κ1) is 20.9. The van der Waals surface area contributed by atoms with Gasteiger partial charge in [-0.1, -0.05) is 27.5 Å². The van der Waals surface area contributed by atoms with Crippen LogP contribution in [0.1, 0.15) is 11.3 Å². The molecule has 1 aliphatic rings. The lowest BCUT2D eigenvalue weighted by Crippen LogP contribution is -2.44. The van der Waals surface area contributed by atoms with Gasteiger partial charge in [0.05, 0.1) is 10.6 Å². The van der Waals surface area contributed by atoms with Gasteiger partial charge in [-0.05, 0) is 55.1 Å². The fraction of sp³-hybridized carbons (Fsp3) is 0.333. The minimum Gasteiger partial charge on any atom is -0.357 e. The number of benzene rings is 2. The Kier molecular flexibility index (Phi) is 6.04. The number of aromatic amines is 1. The molecular formula is C21H23BrClN3O2S. The Balaban J connectivity index is 1.70. The second kappa shape index (κ2) is 8.40. The van der Waals surface area contributed by atoms with Crippen molar-refractivity contribution >= 4 is 48.3 Å². The van der Waals surface area contributed by atoms with E-state index in [1.165, 1.54) is 0 Å². The van der Waals surface area contributed by atoms with Gasteiger partial charge in [0, 0.05) is 58.8 Å². The van der Waals surface area contributed by atoms with Crippen LogP contribution in [-0.4, -0.2) is 56.4 Å². The van der Waals surface area contributed by atoms with Crippen LogP contribution in [0.2, 0.25) is 5.02 Å². The third-order valence-corrected chi connectivity index (χ3v) is 7.86. The van der Waals surface area contributed by atoms with Gasteiger partial charge in [0.1, 0.15) is 0 Å². The first-order chi connectivity index (χ1) is 13.8. The number of H-pyrrole nitrogens is 1. The fourth-order valence-electron chi connectivity index (χ4n) is 3.72. The van der Waals surface area contributed by atoms with Gasteiger partial charge in [-0.3, -0.25) is 4.90 Å². The number of piperazine rings is 1. The zero-order chi connectivity index (χ0) is 20.6. The highest BCUT2D eigenvalue weighted by Crippen LogP contribution is 2.30. The first-order valence-corrected chi connectivity index (χ1v) is 12.3. The summed E-state index contributed by atoms with van der Waals surface area (Å²) in [5.41, 5.74) is 2.68. The smallest absolute Gasteiger partial charge is 0.183 e. The molecule has 0 atom stereocenters. The van der Waals surface area contributed by atoms with Crippen LogP contribution in [-0.2, 0) is 22.1 Å². The Hall–Kier alpha value is -1.38. The summed E-state index contributed by atoms with van der Waals surface area (Å²) in [5.74, 6) is -0.0655. The number of likely N-dealkylation sites (N-methyl/N-ethyl adjacent to an activating group) is 1. The van der Waals surface area contributed by atoms with Crippen molar-refractivity contribution in [2.24, 2.45) is 0 Å². The molecule has 5 nitrogen and oxygen atoms in total. The van der Waals surface area contributed by atoms with Crippen molar-refractivity contribution in [1.29, 1.82) is 0 Å². The first-order valence-electron chi connectivity index (χ1n) is 9.50. The maximum atomic E-state index is 13.1. The Labute approximate surface area is 184 Å². The molecule has 4 rings (SSSR count). The predicted octanol–water partition coefficient (Wildman–Crippen LogP) is 4.31. The van der Waals surface area contributed by atoms with Crippen LogP contribution in [0.3, 0.4) is 0 Å². The van der Waals surface area contributed by atoms with E-state index in [9.17, 15) is 8.42 Å². The summed E-state index contributed by atoms with van der Waals surface area (Å²) in [6, 6.07) is 12.5. The number of sulfone groups is 1. The van der Waals surface area contributed by atoms with Gasteiger partial charge in [-0.15, -0.1) is 0 Å². The molecule has 2 heterocycles. The summed E-state index contributed by atoms with van der Waals surface area (Å²) < 4.78 is 27.0. The molecule has 2 aromatic carbocycles. The molecule has 0 spiro atoms. The monoisotopic (exact) mass is 495 g/mol. The molecular weight excluding hydrogens is 474 g/mol. The maximum absolute atomic E-state index is 13.1. The molecule has 8 heteroatoms. The zero-order valence-corrected chi connectivity index (χ0v) is 19.3. The zero-order valence-electron chi connectivity index (χ0n) is 16.2. The molecule has 0 bridgehead atoms. The molecule has 0 amide bonds. The van der Waals surface area contributed by atoms with E-state index in [1.54, 1.807) is 24.3 Å². The van der Waals surface area contributed by atoms with Gasteiger partial charge in [0.25, 0.3) is 0 Å². The average Bonchev–Trinajstić information content (AvgIpc) is 3.00. The van der Waals surface area contributed by atoms with E-state index in [0.717, 1.165) is 52.8 Å². The SMILES string of the molecule is CN1CCN(Cc2c(CS(=O)(=O)c3ccc(Br)cc3)[nH]c3ccc(Cl)cc23)CC1. The summed E-state index contributed by atoms with van der Waals surface area (Å²) in [7, 11) is -1.35. The largest absolute Gasteiger partial charge is 0.357 e. The van der Waals surface area contributed by atoms with E-state index in [-0.39, 0.29) is 5.75 Å². The summed E-state index contributed by atoms with van der Waals surface area (Å²) in [6.45, 7) is 4.65. The minimum absolute atomic E-state index is 0.0655. The van der Waals surface area contributed by atoms with Crippen molar-refractivity contribution in [1.82, 2.24) is 14.8 Å². The molecule has 1 saturated heterocycles. The summed E-state index contributed by atoms with van der Waals surface area (Å²) in [6.07, 6.45) is 0. The third kappa shape index (κ3) is 4.70. The van der Waals surface area contributed by atoms with Crippen molar-refractivity contribution in [2.75, 3.05) is 33.2 Å². The van der Waals surface area contributed by atoms with Gasteiger partial charge in [-0.2, -0.15) is 0 Å². The van der Waals surface area contributed by atoms with Crippen molar-refractivity contribution < 1.29 is 8.42 Å². The number of rotatable bonds is 5. The molecule has 154 valence electrons. The van der Waals surface area contributed by atoms with E-state index in [1.807, 2.05) is 18.2 Å². The Bertz CT molecular complexity index is 1120. The number of nitrogens with one attached hydrogen (secondary N) is 1. The molecule has 0 radical (unpaired) electrons. The molecule has 0 saturated carbocycles. The fourth-order valence-corrected chi connectivity index (χ4v) is 5.50. The van der Waals surface area contributed by atoms with Gasteiger partial charge in [-0.25, -0.2) is 8.42 Å². The van der Waals surface area contributed by atoms with Gasteiger partial charge in [0.15, 0.2) is 9.84 Å². The third-order valence-electron chi connectivity index (χ3n) is 5.44. The summed E-state index contributed by atoms with van der Waals surface area (Å²) in [4.78, 5) is 8.35. The van der Waals surface area contributed by atoms with Gasteiger partial charge >= 0.3 is 0 Å². The normalized spacial score (nSPS) is 16.5. The Morgan fingerprint density at radius 2 is 1.76 bits per heavy atom. The van der Waals surface area contributed by atoms with E-state index >= 15 is 0 Å². The number of hydrogen-bond donors (Lipinski definition) is 1. The molecule has 1 fully saturated rings. The Morgan fingerprint density at radius 1 is 1.07 bits per heavy atom. The average molecular weight is 497 g/mol. The number of hydrogen-bond acceptors (Lipinski definition) is 4. The van der Waals surface area contributed by atoms with E-state index < -0.39 is 9.84 Å². The van der Waals surface area contributed by atoms with E-state index in [2.05, 4.69) is 37.8 Å². The molecule has 0 unspecified atom stereocenters. The molecule has 29 heavy (non-hydrogen) atoms. The highest BCUT2D eigenvalue weighted by molar-refractivity contribution is 9.10. The van der Waals surface area contributed by atoms with Crippen LogP contribution in [0.25, 0.3) is 10.9 Å². The van der Waals surface area contributed by atoms with E-state index in [4.69, 9.17) is 11.6 Å². The van der Waals surface area contributed by atoms with Crippen LogP contribution < -0.4 is 0 Å². The minimum atomic E-state index is -3.47. The quantitative estimate of drug-likeness (QED) is 0.572. The van der Waals surface area contributed by atoms with Crippen LogP contribution in [0.15, 0.2) is 51.8 Å². The topological polar surface area (TPSA) is 56.4 Å². The highest BCUT2D eigenvalue weighted by atomic mass is 79.9. The lowest BCUT2D eigenvalue weighted by molar-refractivity contribution is 0.148. The van der Waals surface area contributed by atoms with Crippen molar-refractivity contribution in [2.45, 2.75) is 17.2 Å². The number of nitrogens with zero attached hydrogens (tertiary/aromatic N) is 2. The summed E-state index contributed by atoms with van der Waals surface area (Å²) in [5, 5.41) is 1.65.